The van der Waals surface area contributed by atoms with Crippen molar-refractivity contribution in [3.8, 4) is 10.6 Å². The predicted octanol–water partition coefficient (Wildman–Crippen LogP) is 2.56. The summed E-state index contributed by atoms with van der Waals surface area (Å²) < 4.78 is 1.01. The van der Waals surface area contributed by atoms with E-state index in [1.807, 2.05) is 38.1 Å². The quantitative estimate of drug-likeness (QED) is 0.849. The second-order valence-electron chi connectivity index (χ2n) is 4.90. The number of hydrogen-bond acceptors (Lipinski definition) is 4. The first-order chi connectivity index (χ1) is 10.0. The summed E-state index contributed by atoms with van der Waals surface area (Å²) in [6.45, 7) is 4.07. The number of carbonyl (C=O) groups is 1. The Hall–Kier alpha value is -1.31. The molecule has 0 aliphatic carbocycles. The topological polar surface area (TPSA) is 82.5 Å². The molecule has 0 fully saturated rings. The first kappa shape index (κ1) is 16.1. The molecule has 1 aromatic heterocycles. The number of quaternary nitrogens is 1. The number of nitrogens with one attached hydrogen (secondary N) is 1. The van der Waals surface area contributed by atoms with Gasteiger partial charge in [-0.1, -0.05) is 53.2 Å². The van der Waals surface area contributed by atoms with Gasteiger partial charge in [0.05, 0.1) is 0 Å². The lowest BCUT2D eigenvalue weighted by Crippen LogP contribution is -2.69. The summed E-state index contributed by atoms with van der Waals surface area (Å²) in [5.74, 6) is 0.131. The van der Waals surface area contributed by atoms with Crippen LogP contribution in [0.2, 0.25) is 0 Å². The van der Waals surface area contributed by atoms with E-state index in [0.717, 1.165) is 21.5 Å². The number of anilines is 1. The van der Waals surface area contributed by atoms with E-state index in [9.17, 15) is 4.79 Å². The molecule has 4 N–H and O–H groups in total. The van der Waals surface area contributed by atoms with Crippen LogP contribution in [-0.2, 0) is 4.79 Å². The molecule has 112 valence electrons. The Morgan fingerprint density at radius 1 is 1.38 bits per heavy atom. The molecule has 1 amide bonds. The third-order valence-electron chi connectivity index (χ3n) is 3.41. The minimum atomic E-state index is -0.282. The third-order valence-corrected chi connectivity index (χ3v) is 4.83. The highest BCUT2D eigenvalue weighted by Gasteiger charge is 2.24. The van der Waals surface area contributed by atoms with Gasteiger partial charge in [-0.25, -0.2) is 0 Å². The maximum Gasteiger partial charge on any atom is 0.284 e. The molecule has 7 heteroatoms. The van der Waals surface area contributed by atoms with Gasteiger partial charge in [0.15, 0.2) is 6.04 Å². The predicted molar refractivity (Wildman–Crippen MR) is 87.8 cm³/mol. The molecular weight excluding hydrogens is 352 g/mol. The summed E-state index contributed by atoms with van der Waals surface area (Å²) in [5, 5.41) is 12.2. The maximum absolute atomic E-state index is 12.1. The van der Waals surface area contributed by atoms with Crippen LogP contribution >= 0.6 is 27.3 Å². The molecule has 21 heavy (non-hydrogen) atoms. The molecule has 0 aliphatic heterocycles. The van der Waals surface area contributed by atoms with Gasteiger partial charge in [0.25, 0.3) is 5.91 Å². The monoisotopic (exact) mass is 369 g/mol. The Kier molecular flexibility index (Phi) is 5.44. The SMILES string of the molecule is CC[C@@H](C)[C@@H]([NH3+])C(=O)Nc1nnc(-c2ccc(Br)cc2)s1. The van der Waals surface area contributed by atoms with E-state index in [0.29, 0.717) is 5.13 Å². The number of benzene rings is 1. The van der Waals surface area contributed by atoms with E-state index in [2.05, 4.69) is 37.2 Å². The van der Waals surface area contributed by atoms with Gasteiger partial charge in [-0.3, -0.25) is 10.1 Å². The van der Waals surface area contributed by atoms with Crippen molar-refractivity contribution in [1.82, 2.24) is 10.2 Å². The van der Waals surface area contributed by atoms with Crippen LogP contribution in [-0.4, -0.2) is 22.1 Å². The van der Waals surface area contributed by atoms with Crippen molar-refractivity contribution in [3.63, 3.8) is 0 Å². The zero-order valence-electron chi connectivity index (χ0n) is 12.0. The van der Waals surface area contributed by atoms with Crippen molar-refractivity contribution in [2.24, 2.45) is 5.92 Å². The Morgan fingerprint density at radius 2 is 2.05 bits per heavy atom. The van der Waals surface area contributed by atoms with Gasteiger partial charge < -0.3 is 5.73 Å². The van der Waals surface area contributed by atoms with Gasteiger partial charge in [0.2, 0.25) is 5.13 Å². The Labute approximate surface area is 136 Å². The van der Waals surface area contributed by atoms with E-state index >= 15 is 0 Å². The second-order valence-corrected chi connectivity index (χ2v) is 6.79. The summed E-state index contributed by atoms with van der Waals surface area (Å²) >= 11 is 4.76. The average Bonchev–Trinajstić information content (AvgIpc) is 2.94. The lowest BCUT2D eigenvalue weighted by molar-refractivity contribution is -0.414. The number of amides is 1. The van der Waals surface area contributed by atoms with Crippen LogP contribution in [0.3, 0.4) is 0 Å². The van der Waals surface area contributed by atoms with E-state index in [4.69, 9.17) is 0 Å². The highest BCUT2D eigenvalue weighted by atomic mass is 79.9. The molecule has 0 saturated carbocycles. The fourth-order valence-corrected chi connectivity index (χ4v) is 2.74. The van der Waals surface area contributed by atoms with Crippen molar-refractivity contribution in [2.45, 2.75) is 26.3 Å². The minimum Gasteiger partial charge on any atom is -0.347 e. The van der Waals surface area contributed by atoms with Crippen molar-refractivity contribution >= 4 is 38.3 Å². The summed E-state index contributed by atoms with van der Waals surface area (Å²) in [5.41, 5.74) is 4.89. The first-order valence-corrected chi connectivity index (χ1v) is 8.35. The zero-order valence-corrected chi connectivity index (χ0v) is 14.4. The highest BCUT2D eigenvalue weighted by Crippen LogP contribution is 2.27. The van der Waals surface area contributed by atoms with Crippen LogP contribution < -0.4 is 11.1 Å². The summed E-state index contributed by atoms with van der Waals surface area (Å²) in [4.78, 5) is 12.1. The summed E-state index contributed by atoms with van der Waals surface area (Å²) in [7, 11) is 0. The molecule has 0 aliphatic rings. The standard InChI is InChI=1S/C14H17BrN4OS/c1-3-8(2)11(16)12(20)17-14-19-18-13(21-14)9-4-6-10(15)7-5-9/h4-8,11H,3,16H2,1-2H3,(H,17,19,20)/p+1/t8-,11-/m1/s1. The van der Waals surface area contributed by atoms with Gasteiger partial charge in [-0.15, -0.1) is 10.2 Å². The van der Waals surface area contributed by atoms with Gasteiger partial charge in [0.1, 0.15) is 5.01 Å². The average molecular weight is 370 g/mol. The molecule has 0 unspecified atom stereocenters. The molecule has 2 aromatic rings. The van der Waals surface area contributed by atoms with Gasteiger partial charge in [0, 0.05) is 16.0 Å². The van der Waals surface area contributed by atoms with Gasteiger partial charge in [-0.05, 0) is 18.6 Å². The van der Waals surface area contributed by atoms with Crippen molar-refractivity contribution in [1.29, 1.82) is 0 Å². The minimum absolute atomic E-state index is 0.108. The molecule has 0 radical (unpaired) electrons. The van der Waals surface area contributed by atoms with Crippen LogP contribution in [0.25, 0.3) is 10.6 Å². The van der Waals surface area contributed by atoms with Crippen LogP contribution in [0, 0.1) is 5.92 Å². The molecule has 0 spiro atoms. The van der Waals surface area contributed by atoms with E-state index in [-0.39, 0.29) is 17.9 Å². The maximum atomic E-state index is 12.1. The van der Waals surface area contributed by atoms with Gasteiger partial charge >= 0.3 is 0 Å². The first-order valence-electron chi connectivity index (χ1n) is 6.74. The van der Waals surface area contributed by atoms with E-state index in [1.165, 1.54) is 11.3 Å². The Balaban J connectivity index is 2.06. The normalized spacial score (nSPS) is 13.7. The summed E-state index contributed by atoms with van der Waals surface area (Å²) in [6.07, 6.45) is 0.919. The molecule has 0 saturated heterocycles. The van der Waals surface area contributed by atoms with Crippen LogP contribution in [0.1, 0.15) is 20.3 Å². The van der Waals surface area contributed by atoms with E-state index in [1.54, 1.807) is 0 Å². The number of aromatic nitrogens is 2. The smallest absolute Gasteiger partial charge is 0.284 e. The lowest BCUT2D eigenvalue weighted by Gasteiger charge is -2.13. The lowest BCUT2D eigenvalue weighted by atomic mass is 10.00. The number of nitrogens with zero attached hydrogens (tertiary/aromatic N) is 2. The number of rotatable bonds is 5. The van der Waals surface area contributed by atoms with Crippen molar-refractivity contribution in [2.75, 3.05) is 5.32 Å². The van der Waals surface area contributed by atoms with Crippen molar-refractivity contribution in [3.05, 3.63) is 28.7 Å². The Morgan fingerprint density at radius 3 is 2.67 bits per heavy atom. The molecule has 1 heterocycles. The fraction of sp³-hybridized carbons (Fsp3) is 0.357. The Bertz CT molecular complexity index is 614. The fourth-order valence-electron chi connectivity index (χ4n) is 1.72. The molecule has 0 bridgehead atoms. The van der Waals surface area contributed by atoms with Crippen molar-refractivity contribution < 1.29 is 10.5 Å². The largest absolute Gasteiger partial charge is 0.347 e. The molecule has 1 aromatic carbocycles. The van der Waals surface area contributed by atoms with Crippen LogP contribution in [0.5, 0.6) is 0 Å². The number of carbonyl (C=O) groups excluding carboxylic acids is 1. The second kappa shape index (κ2) is 7.11. The van der Waals surface area contributed by atoms with E-state index < -0.39 is 0 Å². The molecule has 2 atom stereocenters. The zero-order chi connectivity index (χ0) is 15.4. The number of hydrogen-bond donors (Lipinski definition) is 2. The molecular formula is C14H18BrN4OS+. The van der Waals surface area contributed by atoms with Crippen LogP contribution in [0.4, 0.5) is 5.13 Å². The molecule has 2 rings (SSSR count). The van der Waals surface area contributed by atoms with Gasteiger partial charge in [-0.2, -0.15) is 0 Å². The summed E-state index contributed by atoms with van der Waals surface area (Å²) in [6, 6.07) is 7.53. The number of halogens is 1. The molecule has 5 nitrogen and oxygen atoms in total. The van der Waals surface area contributed by atoms with Crippen LogP contribution in [0.15, 0.2) is 28.7 Å². The third kappa shape index (κ3) is 4.09. The highest BCUT2D eigenvalue weighted by molar-refractivity contribution is 9.10.